The van der Waals surface area contributed by atoms with Crippen molar-refractivity contribution in [3.63, 3.8) is 0 Å². The molecular formula is C9H12FNO2. The summed E-state index contributed by atoms with van der Waals surface area (Å²) in [5.41, 5.74) is 0.772. The van der Waals surface area contributed by atoms with E-state index in [-0.39, 0.29) is 18.2 Å². The molecule has 3 nitrogen and oxygen atoms in total. The molecule has 1 aromatic heterocycles. The van der Waals surface area contributed by atoms with Gasteiger partial charge in [-0.25, -0.2) is 4.39 Å². The lowest BCUT2D eigenvalue weighted by atomic mass is 10.2. The van der Waals surface area contributed by atoms with Gasteiger partial charge in [-0.3, -0.25) is 4.79 Å². The Hall–Kier alpha value is -1.32. The molecule has 0 atom stereocenters. The summed E-state index contributed by atoms with van der Waals surface area (Å²) in [5.74, 6) is 0.595. The lowest BCUT2D eigenvalue weighted by Crippen LogP contribution is -2.25. The Kier molecular flexibility index (Phi) is 3.06. The van der Waals surface area contributed by atoms with Gasteiger partial charge in [-0.2, -0.15) is 0 Å². The van der Waals surface area contributed by atoms with Gasteiger partial charge in [0.15, 0.2) is 5.76 Å². The zero-order valence-corrected chi connectivity index (χ0v) is 7.69. The number of hydrogen-bond donors (Lipinski definition) is 1. The van der Waals surface area contributed by atoms with Gasteiger partial charge in [-0.05, 0) is 19.9 Å². The number of alkyl halides is 1. The van der Waals surface area contributed by atoms with Gasteiger partial charge in [0, 0.05) is 12.1 Å². The number of aryl methyl sites for hydroxylation is 2. The van der Waals surface area contributed by atoms with Crippen LogP contribution in [0.3, 0.4) is 0 Å². The predicted octanol–water partition coefficient (Wildman–Crippen LogP) is 1.60. The molecule has 4 heteroatoms. The standard InChI is InChI=1S/C9H12FNO2/c1-6-5-7(2)13-8(6)9(12)11-4-3-10/h5H,3-4H2,1-2H3,(H,11,12). The maximum atomic E-state index is 11.7. The van der Waals surface area contributed by atoms with Gasteiger partial charge in [0.05, 0.1) is 0 Å². The minimum absolute atomic E-state index is 0.0258. The second-order valence-corrected chi connectivity index (χ2v) is 2.81. The second kappa shape index (κ2) is 4.07. The van der Waals surface area contributed by atoms with E-state index in [1.807, 2.05) is 0 Å². The summed E-state index contributed by atoms with van der Waals surface area (Å²) >= 11 is 0. The molecule has 1 N–H and O–H groups in total. The molecule has 0 aliphatic rings. The van der Waals surface area contributed by atoms with Crippen LogP contribution in [0.25, 0.3) is 0 Å². The SMILES string of the molecule is Cc1cc(C)c(C(=O)NCCF)o1. The van der Waals surface area contributed by atoms with Crippen molar-refractivity contribution in [2.45, 2.75) is 13.8 Å². The fourth-order valence-electron chi connectivity index (χ4n) is 1.11. The number of hydrogen-bond acceptors (Lipinski definition) is 2. The summed E-state index contributed by atoms with van der Waals surface area (Å²) in [6.07, 6.45) is 0. The van der Waals surface area contributed by atoms with Crippen LogP contribution in [0.2, 0.25) is 0 Å². The average Bonchev–Trinajstić information content (AvgIpc) is 2.41. The van der Waals surface area contributed by atoms with E-state index in [0.29, 0.717) is 5.76 Å². The van der Waals surface area contributed by atoms with Crippen LogP contribution in [0.1, 0.15) is 21.9 Å². The molecule has 0 aliphatic carbocycles. The van der Waals surface area contributed by atoms with Crippen molar-refractivity contribution in [3.8, 4) is 0 Å². The smallest absolute Gasteiger partial charge is 0.287 e. The van der Waals surface area contributed by atoms with Crippen LogP contribution in [0.15, 0.2) is 10.5 Å². The number of halogens is 1. The Morgan fingerprint density at radius 1 is 1.62 bits per heavy atom. The molecule has 0 radical (unpaired) electrons. The molecule has 1 rings (SSSR count). The normalized spacial score (nSPS) is 10.1. The maximum absolute atomic E-state index is 11.7. The van der Waals surface area contributed by atoms with E-state index >= 15 is 0 Å². The number of amides is 1. The third kappa shape index (κ3) is 2.31. The molecule has 0 aliphatic heterocycles. The third-order valence-electron chi connectivity index (χ3n) is 1.63. The van der Waals surface area contributed by atoms with Crippen molar-refractivity contribution in [3.05, 3.63) is 23.2 Å². The van der Waals surface area contributed by atoms with E-state index in [2.05, 4.69) is 5.32 Å². The topological polar surface area (TPSA) is 42.2 Å². The summed E-state index contributed by atoms with van der Waals surface area (Å²) in [6, 6.07) is 1.77. The van der Waals surface area contributed by atoms with Crippen molar-refractivity contribution in [1.29, 1.82) is 0 Å². The molecule has 0 saturated carbocycles. The van der Waals surface area contributed by atoms with Crippen LogP contribution in [-0.4, -0.2) is 19.1 Å². The largest absolute Gasteiger partial charge is 0.456 e. The lowest BCUT2D eigenvalue weighted by molar-refractivity contribution is 0.0921. The van der Waals surface area contributed by atoms with E-state index in [1.165, 1.54) is 0 Å². The van der Waals surface area contributed by atoms with Crippen LogP contribution in [-0.2, 0) is 0 Å². The molecular weight excluding hydrogens is 173 g/mol. The maximum Gasteiger partial charge on any atom is 0.287 e. The molecule has 1 aromatic rings. The van der Waals surface area contributed by atoms with Crippen LogP contribution in [0.4, 0.5) is 4.39 Å². The van der Waals surface area contributed by atoms with Crippen LogP contribution in [0.5, 0.6) is 0 Å². The van der Waals surface area contributed by atoms with Crippen molar-refractivity contribution >= 4 is 5.91 Å². The summed E-state index contributed by atoms with van der Waals surface area (Å²) in [4.78, 5) is 11.3. The fraction of sp³-hybridized carbons (Fsp3) is 0.444. The van der Waals surface area contributed by atoms with E-state index in [1.54, 1.807) is 19.9 Å². The number of furan rings is 1. The first kappa shape index (κ1) is 9.77. The highest BCUT2D eigenvalue weighted by Crippen LogP contribution is 2.12. The molecule has 0 bridgehead atoms. The monoisotopic (exact) mass is 185 g/mol. The molecule has 1 heterocycles. The number of carbonyl (C=O) groups is 1. The highest BCUT2D eigenvalue weighted by molar-refractivity contribution is 5.92. The summed E-state index contributed by atoms with van der Waals surface area (Å²) in [6.45, 7) is 3.00. The van der Waals surface area contributed by atoms with E-state index in [4.69, 9.17) is 4.42 Å². The van der Waals surface area contributed by atoms with Gasteiger partial charge in [0.1, 0.15) is 12.4 Å². The Balaban J connectivity index is 2.70. The number of rotatable bonds is 3. The lowest BCUT2D eigenvalue weighted by Gasteiger charge is -1.99. The van der Waals surface area contributed by atoms with Crippen molar-refractivity contribution in [2.75, 3.05) is 13.2 Å². The molecule has 0 fully saturated rings. The average molecular weight is 185 g/mol. The summed E-state index contributed by atoms with van der Waals surface area (Å²) in [7, 11) is 0. The van der Waals surface area contributed by atoms with E-state index in [9.17, 15) is 9.18 Å². The Bertz CT molecular complexity index is 307. The molecule has 72 valence electrons. The van der Waals surface area contributed by atoms with Crippen molar-refractivity contribution in [2.24, 2.45) is 0 Å². The quantitative estimate of drug-likeness (QED) is 0.777. The molecule has 1 amide bonds. The molecule has 13 heavy (non-hydrogen) atoms. The minimum Gasteiger partial charge on any atom is -0.456 e. The van der Waals surface area contributed by atoms with Gasteiger partial charge in [-0.1, -0.05) is 0 Å². The highest BCUT2D eigenvalue weighted by atomic mass is 19.1. The Morgan fingerprint density at radius 2 is 2.31 bits per heavy atom. The van der Waals surface area contributed by atoms with Gasteiger partial charge in [-0.15, -0.1) is 0 Å². The number of carbonyl (C=O) groups excluding carboxylic acids is 1. The predicted molar refractivity (Wildman–Crippen MR) is 46.5 cm³/mol. The zero-order chi connectivity index (χ0) is 9.84. The van der Waals surface area contributed by atoms with Gasteiger partial charge < -0.3 is 9.73 Å². The highest BCUT2D eigenvalue weighted by Gasteiger charge is 2.13. The molecule has 0 spiro atoms. The van der Waals surface area contributed by atoms with Gasteiger partial charge in [0.25, 0.3) is 5.91 Å². The van der Waals surface area contributed by atoms with Crippen LogP contribution < -0.4 is 5.32 Å². The molecule has 0 unspecified atom stereocenters. The van der Waals surface area contributed by atoms with Crippen molar-refractivity contribution < 1.29 is 13.6 Å². The molecule has 0 saturated heterocycles. The first-order valence-corrected chi connectivity index (χ1v) is 4.06. The minimum atomic E-state index is -0.565. The third-order valence-corrected chi connectivity index (χ3v) is 1.63. The van der Waals surface area contributed by atoms with E-state index < -0.39 is 6.67 Å². The Morgan fingerprint density at radius 3 is 2.77 bits per heavy atom. The number of nitrogens with one attached hydrogen (secondary N) is 1. The second-order valence-electron chi connectivity index (χ2n) is 2.81. The molecule has 0 aromatic carbocycles. The van der Waals surface area contributed by atoms with Crippen molar-refractivity contribution in [1.82, 2.24) is 5.32 Å². The fourth-order valence-corrected chi connectivity index (χ4v) is 1.11. The summed E-state index contributed by atoms with van der Waals surface area (Å²) < 4.78 is 16.9. The first-order valence-electron chi connectivity index (χ1n) is 4.06. The van der Waals surface area contributed by atoms with Crippen LogP contribution in [0, 0.1) is 13.8 Å². The van der Waals surface area contributed by atoms with Gasteiger partial charge in [0.2, 0.25) is 0 Å². The van der Waals surface area contributed by atoms with Gasteiger partial charge >= 0.3 is 0 Å². The Labute approximate surface area is 75.9 Å². The summed E-state index contributed by atoms with van der Waals surface area (Å²) in [5, 5.41) is 2.40. The van der Waals surface area contributed by atoms with Crippen LogP contribution >= 0.6 is 0 Å². The van der Waals surface area contributed by atoms with E-state index in [0.717, 1.165) is 5.56 Å². The first-order chi connectivity index (χ1) is 6.15. The zero-order valence-electron chi connectivity index (χ0n) is 7.69.